The third kappa shape index (κ3) is 4.91. The standard InChI is InChI=1S/C17H16F4N4O2/c18-10-3-1-4-11(7-10)24-16-23-9-13(14(25-16)17(19,20)21)15(26)22-8-12-5-2-6-27-12/h1,3-4,7,9,12H,2,5-6,8H2,(H,22,26)(H,23,24,25)/t12-/m1/s1. The van der Waals surface area contributed by atoms with Crippen LogP contribution in [0.2, 0.25) is 0 Å². The lowest BCUT2D eigenvalue weighted by atomic mass is 10.2. The molecule has 3 rings (SSSR count). The Labute approximate surface area is 152 Å². The number of aromatic nitrogens is 2. The van der Waals surface area contributed by atoms with Gasteiger partial charge in [0.05, 0.1) is 11.7 Å². The number of halogens is 4. The molecule has 1 aromatic carbocycles. The van der Waals surface area contributed by atoms with E-state index in [0.29, 0.717) is 6.61 Å². The molecule has 1 amide bonds. The molecule has 2 aromatic rings. The van der Waals surface area contributed by atoms with Gasteiger partial charge in [0.25, 0.3) is 5.91 Å². The molecular formula is C17H16F4N4O2. The third-order valence-electron chi connectivity index (χ3n) is 3.90. The highest BCUT2D eigenvalue weighted by Gasteiger charge is 2.38. The van der Waals surface area contributed by atoms with E-state index in [9.17, 15) is 22.4 Å². The fourth-order valence-corrected chi connectivity index (χ4v) is 2.63. The first-order chi connectivity index (χ1) is 12.8. The largest absolute Gasteiger partial charge is 0.434 e. The fraction of sp³-hybridized carbons (Fsp3) is 0.353. The summed E-state index contributed by atoms with van der Waals surface area (Å²) in [7, 11) is 0. The molecule has 1 aromatic heterocycles. The summed E-state index contributed by atoms with van der Waals surface area (Å²) in [5, 5.41) is 4.90. The zero-order valence-corrected chi connectivity index (χ0v) is 14.0. The molecule has 2 heterocycles. The number of carbonyl (C=O) groups excluding carboxylic acids is 1. The van der Waals surface area contributed by atoms with E-state index in [-0.39, 0.29) is 18.3 Å². The molecular weight excluding hydrogens is 368 g/mol. The maximum absolute atomic E-state index is 13.4. The number of nitrogens with one attached hydrogen (secondary N) is 2. The van der Waals surface area contributed by atoms with Crippen LogP contribution in [0.25, 0.3) is 0 Å². The summed E-state index contributed by atoms with van der Waals surface area (Å²) in [6.07, 6.45) is -2.70. The van der Waals surface area contributed by atoms with Crippen molar-refractivity contribution in [3.63, 3.8) is 0 Å². The highest BCUT2D eigenvalue weighted by molar-refractivity contribution is 5.95. The summed E-state index contributed by atoms with van der Waals surface area (Å²) >= 11 is 0. The Morgan fingerprint density at radius 3 is 2.81 bits per heavy atom. The number of nitrogens with zero attached hydrogens (tertiary/aromatic N) is 2. The molecule has 0 spiro atoms. The summed E-state index contributed by atoms with van der Waals surface area (Å²) in [6, 6.07) is 5.10. The van der Waals surface area contributed by atoms with Crippen LogP contribution in [0.15, 0.2) is 30.5 Å². The van der Waals surface area contributed by atoms with E-state index in [2.05, 4.69) is 20.6 Å². The summed E-state index contributed by atoms with van der Waals surface area (Å²) in [4.78, 5) is 19.3. The lowest BCUT2D eigenvalue weighted by Gasteiger charge is -2.15. The molecule has 0 aliphatic carbocycles. The number of benzene rings is 1. The Kier molecular flexibility index (Phi) is 5.54. The fourth-order valence-electron chi connectivity index (χ4n) is 2.63. The Balaban J connectivity index is 1.80. The van der Waals surface area contributed by atoms with Crippen molar-refractivity contribution >= 4 is 17.5 Å². The van der Waals surface area contributed by atoms with E-state index < -0.39 is 35.1 Å². The lowest BCUT2D eigenvalue weighted by molar-refractivity contribution is -0.141. The smallest absolute Gasteiger partial charge is 0.376 e. The molecule has 2 N–H and O–H groups in total. The van der Waals surface area contributed by atoms with Gasteiger partial charge in [0, 0.05) is 25.0 Å². The van der Waals surface area contributed by atoms with E-state index in [1.807, 2.05) is 0 Å². The number of anilines is 2. The summed E-state index contributed by atoms with van der Waals surface area (Å²) in [5.41, 5.74) is -1.88. The second-order valence-corrected chi connectivity index (χ2v) is 5.93. The van der Waals surface area contributed by atoms with Crippen LogP contribution in [0, 0.1) is 5.82 Å². The van der Waals surface area contributed by atoms with Crippen LogP contribution < -0.4 is 10.6 Å². The van der Waals surface area contributed by atoms with Gasteiger partial charge in [-0.05, 0) is 31.0 Å². The number of amides is 1. The Bertz CT molecular complexity index is 823. The minimum absolute atomic E-state index is 0.111. The molecule has 0 bridgehead atoms. The van der Waals surface area contributed by atoms with E-state index in [1.165, 1.54) is 18.2 Å². The van der Waals surface area contributed by atoms with Gasteiger partial charge in [0.2, 0.25) is 5.95 Å². The van der Waals surface area contributed by atoms with Crippen molar-refractivity contribution < 1.29 is 27.1 Å². The van der Waals surface area contributed by atoms with Gasteiger partial charge >= 0.3 is 6.18 Å². The zero-order valence-electron chi connectivity index (χ0n) is 14.0. The van der Waals surface area contributed by atoms with E-state index in [1.54, 1.807) is 0 Å². The van der Waals surface area contributed by atoms with Crippen molar-refractivity contribution in [2.75, 3.05) is 18.5 Å². The summed E-state index contributed by atoms with van der Waals surface area (Å²) < 4.78 is 58.6. The van der Waals surface area contributed by atoms with Crippen molar-refractivity contribution in [2.45, 2.75) is 25.1 Å². The summed E-state index contributed by atoms with van der Waals surface area (Å²) in [6.45, 7) is 0.678. The Morgan fingerprint density at radius 1 is 1.33 bits per heavy atom. The van der Waals surface area contributed by atoms with Gasteiger partial charge < -0.3 is 15.4 Å². The molecule has 0 radical (unpaired) electrons. The Hall–Kier alpha value is -2.75. The first-order valence-corrected chi connectivity index (χ1v) is 8.19. The number of carbonyl (C=O) groups is 1. The molecule has 10 heteroatoms. The number of rotatable bonds is 5. The average molecular weight is 384 g/mol. The predicted molar refractivity (Wildman–Crippen MR) is 88.0 cm³/mol. The molecule has 1 aliphatic heterocycles. The average Bonchev–Trinajstić information content (AvgIpc) is 3.12. The molecule has 6 nitrogen and oxygen atoms in total. The Morgan fingerprint density at radius 2 is 2.15 bits per heavy atom. The monoisotopic (exact) mass is 384 g/mol. The van der Waals surface area contributed by atoms with E-state index >= 15 is 0 Å². The van der Waals surface area contributed by atoms with Crippen LogP contribution in [0.3, 0.4) is 0 Å². The summed E-state index contributed by atoms with van der Waals surface area (Å²) in [5.74, 6) is -1.90. The predicted octanol–water partition coefficient (Wildman–Crippen LogP) is 3.29. The highest BCUT2D eigenvalue weighted by Crippen LogP contribution is 2.31. The van der Waals surface area contributed by atoms with Gasteiger partial charge in [0.15, 0.2) is 5.69 Å². The van der Waals surface area contributed by atoms with E-state index in [4.69, 9.17) is 4.74 Å². The van der Waals surface area contributed by atoms with Crippen molar-refractivity contribution in [2.24, 2.45) is 0 Å². The van der Waals surface area contributed by atoms with Crippen molar-refractivity contribution in [3.8, 4) is 0 Å². The van der Waals surface area contributed by atoms with Crippen molar-refractivity contribution in [3.05, 3.63) is 47.5 Å². The highest BCUT2D eigenvalue weighted by atomic mass is 19.4. The number of alkyl halides is 3. The van der Waals surface area contributed by atoms with Crippen LogP contribution in [-0.4, -0.2) is 35.1 Å². The normalized spacial score (nSPS) is 17.0. The first-order valence-electron chi connectivity index (χ1n) is 8.19. The number of ether oxygens (including phenoxy) is 1. The molecule has 0 saturated carbocycles. The minimum atomic E-state index is -4.86. The molecule has 1 saturated heterocycles. The maximum atomic E-state index is 13.4. The van der Waals surface area contributed by atoms with Crippen LogP contribution in [-0.2, 0) is 10.9 Å². The SMILES string of the molecule is O=C(NC[C@H]1CCCO1)c1cnc(Nc2cccc(F)c2)nc1C(F)(F)F. The quantitative estimate of drug-likeness (QED) is 0.774. The molecule has 1 aliphatic rings. The first kappa shape index (κ1) is 19.0. The molecule has 1 fully saturated rings. The maximum Gasteiger partial charge on any atom is 0.434 e. The number of hydrogen-bond donors (Lipinski definition) is 2. The van der Waals surface area contributed by atoms with Gasteiger partial charge in [-0.2, -0.15) is 13.2 Å². The van der Waals surface area contributed by atoms with Gasteiger partial charge in [-0.15, -0.1) is 0 Å². The minimum Gasteiger partial charge on any atom is -0.376 e. The topological polar surface area (TPSA) is 76.1 Å². The molecule has 1 atom stereocenters. The third-order valence-corrected chi connectivity index (χ3v) is 3.90. The number of hydrogen-bond acceptors (Lipinski definition) is 5. The van der Waals surface area contributed by atoms with Crippen molar-refractivity contribution in [1.82, 2.24) is 15.3 Å². The molecule has 27 heavy (non-hydrogen) atoms. The van der Waals surface area contributed by atoms with Gasteiger partial charge in [-0.25, -0.2) is 14.4 Å². The zero-order chi connectivity index (χ0) is 19.4. The van der Waals surface area contributed by atoms with Gasteiger partial charge in [-0.1, -0.05) is 6.07 Å². The van der Waals surface area contributed by atoms with Crippen molar-refractivity contribution in [1.29, 1.82) is 0 Å². The van der Waals surface area contributed by atoms with Gasteiger partial charge in [0.1, 0.15) is 5.82 Å². The molecule has 0 unspecified atom stereocenters. The van der Waals surface area contributed by atoms with Crippen LogP contribution in [0.5, 0.6) is 0 Å². The second kappa shape index (κ2) is 7.87. The van der Waals surface area contributed by atoms with E-state index in [0.717, 1.165) is 25.1 Å². The second-order valence-electron chi connectivity index (χ2n) is 5.93. The lowest BCUT2D eigenvalue weighted by Crippen LogP contribution is -2.33. The van der Waals surface area contributed by atoms with Gasteiger partial charge in [-0.3, -0.25) is 4.79 Å². The molecule has 144 valence electrons. The van der Waals surface area contributed by atoms with Crippen LogP contribution in [0.4, 0.5) is 29.2 Å². The van der Waals surface area contributed by atoms with Crippen LogP contribution >= 0.6 is 0 Å². The van der Waals surface area contributed by atoms with Crippen LogP contribution in [0.1, 0.15) is 28.9 Å².